The Morgan fingerprint density at radius 2 is 2.05 bits per heavy atom. The standard InChI is InChI=1S/C14H19NO5/c1-9-5-4-6-12(10(9)2)20-8-13(16)15-11(7-19-3)14(17)18/h4-6,11H,7-8H2,1-3H3,(H,15,16)(H,17,18). The summed E-state index contributed by atoms with van der Waals surface area (Å²) in [6, 6.07) is 4.47. The molecule has 0 radical (unpaired) electrons. The van der Waals surface area contributed by atoms with E-state index in [2.05, 4.69) is 5.32 Å². The van der Waals surface area contributed by atoms with Gasteiger partial charge in [-0.15, -0.1) is 0 Å². The van der Waals surface area contributed by atoms with E-state index in [0.29, 0.717) is 5.75 Å². The summed E-state index contributed by atoms with van der Waals surface area (Å²) in [6.45, 7) is 3.51. The molecule has 6 heteroatoms. The second-order valence-electron chi connectivity index (χ2n) is 4.40. The van der Waals surface area contributed by atoms with Crippen molar-refractivity contribution in [2.75, 3.05) is 20.3 Å². The third kappa shape index (κ3) is 4.55. The van der Waals surface area contributed by atoms with Crippen LogP contribution in [0.5, 0.6) is 5.75 Å². The van der Waals surface area contributed by atoms with E-state index in [4.69, 9.17) is 14.6 Å². The van der Waals surface area contributed by atoms with Crippen molar-refractivity contribution in [3.8, 4) is 5.75 Å². The third-order valence-electron chi connectivity index (χ3n) is 2.88. The summed E-state index contributed by atoms with van der Waals surface area (Å²) in [5.41, 5.74) is 2.01. The van der Waals surface area contributed by atoms with Crippen molar-refractivity contribution in [1.82, 2.24) is 5.32 Å². The van der Waals surface area contributed by atoms with Crippen LogP contribution in [-0.4, -0.2) is 43.3 Å². The zero-order chi connectivity index (χ0) is 15.1. The second kappa shape index (κ2) is 7.49. The van der Waals surface area contributed by atoms with Crippen LogP contribution in [0.25, 0.3) is 0 Å². The average molecular weight is 281 g/mol. The number of aliphatic carboxylic acids is 1. The largest absolute Gasteiger partial charge is 0.483 e. The first-order valence-corrected chi connectivity index (χ1v) is 6.15. The van der Waals surface area contributed by atoms with Gasteiger partial charge in [0.1, 0.15) is 5.75 Å². The van der Waals surface area contributed by atoms with Gasteiger partial charge in [0.25, 0.3) is 5.91 Å². The molecule has 1 rings (SSSR count). The molecule has 1 aromatic carbocycles. The molecule has 0 aliphatic rings. The van der Waals surface area contributed by atoms with Gasteiger partial charge in [0.2, 0.25) is 0 Å². The lowest BCUT2D eigenvalue weighted by molar-refractivity contribution is -0.143. The Kier molecular flexibility index (Phi) is 5.99. The first-order valence-electron chi connectivity index (χ1n) is 6.15. The van der Waals surface area contributed by atoms with Crippen LogP contribution in [0.1, 0.15) is 11.1 Å². The normalized spacial score (nSPS) is 11.8. The molecular formula is C14H19NO5. The van der Waals surface area contributed by atoms with Crippen molar-refractivity contribution >= 4 is 11.9 Å². The van der Waals surface area contributed by atoms with Crippen molar-refractivity contribution in [3.63, 3.8) is 0 Å². The maximum atomic E-state index is 11.6. The van der Waals surface area contributed by atoms with Crippen LogP contribution < -0.4 is 10.1 Å². The topological polar surface area (TPSA) is 84.9 Å². The average Bonchev–Trinajstić information content (AvgIpc) is 2.40. The lowest BCUT2D eigenvalue weighted by Crippen LogP contribution is -2.45. The van der Waals surface area contributed by atoms with Crippen molar-refractivity contribution in [2.45, 2.75) is 19.9 Å². The van der Waals surface area contributed by atoms with Gasteiger partial charge >= 0.3 is 5.97 Å². The Hall–Kier alpha value is -2.08. The fourth-order valence-corrected chi connectivity index (χ4v) is 1.60. The van der Waals surface area contributed by atoms with Crippen LogP contribution in [-0.2, 0) is 14.3 Å². The summed E-state index contributed by atoms with van der Waals surface area (Å²) < 4.78 is 10.1. The fourth-order valence-electron chi connectivity index (χ4n) is 1.60. The van der Waals surface area contributed by atoms with Crippen LogP contribution in [0.3, 0.4) is 0 Å². The van der Waals surface area contributed by atoms with Gasteiger partial charge in [-0.1, -0.05) is 12.1 Å². The lowest BCUT2D eigenvalue weighted by Gasteiger charge is -2.14. The van der Waals surface area contributed by atoms with Crippen molar-refractivity contribution in [3.05, 3.63) is 29.3 Å². The van der Waals surface area contributed by atoms with Gasteiger partial charge < -0.3 is 19.9 Å². The van der Waals surface area contributed by atoms with E-state index in [1.807, 2.05) is 26.0 Å². The van der Waals surface area contributed by atoms with E-state index in [0.717, 1.165) is 11.1 Å². The van der Waals surface area contributed by atoms with Gasteiger partial charge in [-0.2, -0.15) is 0 Å². The number of carbonyl (C=O) groups is 2. The van der Waals surface area contributed by atoms with Crippen LogP contribution in [0.15, 0.2) is 18.2 Å². The van der Waals surface area contributed by atoms with E-state index in [9.17, 15) is 9.59 Å². The van der Waals surface area contributed by atoms with Gasteiger partial charge in [-0.25, -0.2) is 4.79 Å². The highest BCUT2D eigenvalue weighted by atomic mass is 16.5. The van der Waals surface area contributed by atoms with Crippen molar-refractivity contribution in [2.24, 2.45) is 0 Å². The molecule has 0 fully saturated rings. The summed E-state index contributed by atoms with van der Waals surface area (Å²) in [4.78, 5) is 22.5. The molecule has 110 valence electrons. The molecule has 1 amide bonds. The molecule has 0 heterocycles. The third-order valence-corrected chi connectivity index (χ3v) is 2.88. The molecule has 1 atom stereocenters. The molecule has 0 aliphatic carbocycles. The highest BCUT2D eigenvalue weighted by molar-refractivity contribution is 5.84. The molecule has 1 aromatic rings. The number of hydrogen-bond acceptors (Lipinski definition) is 4. The summed E-state index contributed by atoms with van der Waals surface area (Å²) >= 11 is 0. The van der Waals surface area contributed by atoms with E-state index in [1.165, 1.54) is 7.11 Å². The Morgan fingerprint density at radius 3 is 2.65 bits per heavy atom. The second-order valence-corrected chi connectivity index (χ2v) is 4.40. The molecule has 0 saturated heterocycles. The number of benzene rings is 1. The van der Waals surface area contributed by atoms with Crippen LogP contribution in [0.2, 0.25) is 0 Å². The predicted molar refractivity (Wildman–Crippen MR) is 72.9 cm³/mol. The zero-order valence-electron chi connectivity index (χ0n) is 11.8. The van der Waals surface area contributed by atoms with Gasteiger partial charge in [0, 0.05) is 7.11 Å². The Morgan fingerprint density at radius 1 is 1.35 bits per heavy atom. The number of hydrogen-bond donors (Lipinski definition) is 2. The predicted octanol–water partition coefficient (Wildman–Crippen LogP) is 0.898. The van der Waals surface area contributed by atoms with Crippen LogP contribution in [0.4, 0.5) is 0 Å². The molecular weight excluding hydrogens is 262 g/mol. The Balaban J connectivity index is 2.54. The number of carboxylic acids is 1. The van der Waals surface area contributed by atoms with Crippen LogP contribution in [0, 0.1) is 13.8 Å². The van der Waals surface area contributed by atoms with Gasteiger partial charge in [0.15, 0.2) is 12.6 Å². The van der Waals surface area contributed by atoms with E-state index in [-0.39, 0.29) is 13.2 Å². The molecule has 1 unspecified atom stereocenters. The molecule has 0 aromatic heterocycles. The summed E-state index contributed by atoms with van der Waals surface area (Å²) in [6.07, 6.45) is 0. The highest BCUT2D eigenvalue weighted by Gasteiger charge is 2.19. The number of ether oxygens (including phenoxy) is 2. The van der Waals surface area contributed by atoms with E-state index < -0.39 is 17.9 Å². The first-order chi connectivity index (χ1) is 9.45. The monoisotopic (exact) mass is 281 g/mol. The molecule has 0 spiro atoms. The number of nitrogens with one attached hydrogen (secondary N) is 1. The number of amides is 1. The van der Waals surface area contributed by atoms with Crippen molar-refractivity contribution < 1.29 is 24.2 Å². The molecule has 0 saturated carbocycles. The first kappa shape index (κ1) is 16.0. The van der Waals surface area contributed by atoms with E-state index in [1.54, 1.807) is 6.07 Å². The van der Waals surface area contributed by atoms with Crippen LogP contribution >= 0.6 is 0 Å². The lowest BCUT2D eigenvalue weighted by atomic mass is 10.1. The smallest absolute Gasteiger partial charge is 0.328 e. The fraction of sp³-hybridized carbons (Fsp3) is 0.429. The number of aryl methyl sites for hydroxylation is 1. The Labute approximate surface area is 117 Å². The summed E-state index contributed by atoms with van der Waals surface area (Å²) in [5, 5.41) is 11.2. The maximum Gasteiger partial charge on any atom is 0.328 e. The van der Waals surface area contributed by atoms with Gasteiger partial charge in [-0.05, 0) is 31.0 Å². The molecule has 20 heavy (non-hydrogen) atoms. The van der Waals surface area contributed by atoms with Gasteiger partial charge in [0.05, 0.1) is 6.61 Å². The minimum absolute atomic E-state index is 0.0927. The van der Waals surface area contributed by atoms with Gasteiger partial charge in [-0.3, -0.25) is 4.79 Å². The maximum absolute atomic E-state index is 11.6. The molecule has 6 nitrogen and oxygen atoms in total. The minimum atomic E-state index is -1.15. The van der Waals surface area contributed by atoms with Crippen molar-refractivity contribution in [1.29, 1.82) is 0 Å². The SMILES string of the molecule is COCC(NC(=O)COc1cccc(C)c1C)C(=O)O. The van der Waals surface area contributed by atoms with E-state index >= 15 is 0 Å². The minimum Gasteiger partial charge on any atom is -0.483 e. The quantitative estimate of drug-likeness (QED) is 0.775. The Bertz CT molecular complexity index is 486. The summed E-state index contributed by atoms with van der Waals surface area (Å²) in [7, 11) is 1.37. The number of rotatable bonds is 7. The molecule has 2 N–H and O–H groups in total. The number of carboxylic acid groups (broad SMARTS) is 1. The number of carbonyl (C=O) groups excluding carboxylic acids is 1. The molecule has 0 aliphatic heterocycles. The number of methoxy groups -OCH3 is 1. The zero-order valence-corrected chi connectivity index (χ0v) is 11.8. The molecule has 0 bridgehead atoms. The summed E-state index contributed by atoms with van der Waals surface area (Å²) in [5.74, 6) is -1.04. The highest BCUT2D eigenvalue weighted by Crippen LogP contribution is 2.20.